The fourth-order valence-corrected chi connectivity index (χ4v) is 4.09. The van der Waals surface area contributed by atoms with E-state index in [9.17, 15) is 0 Å². The third-order valence-corrected chi connectivity index (χ3v) is 5.97. The molecule has 0 N–H and O–H groups in total. The third kappa shape index (κ3) is 12.3. The van der Waals surface area contributed by atoms with Crippen LogP contribution in [0.3, 0.4) is 0 Å². The second-order valence-corrected chi connectivity index (χ2v) is 8.57. The van der Waals surface area contributed by atoms with Gasteiger partial charge < -0.3 is 0 Å². The van der Waals surface area contributed by atoms with Crippen molar-refractivity contribution in [3.05, 3.63) is 18.2 Å². The molecule has 0 amide bonds. The van der Waals surface area contributed by atoms with Crippen LogP contribution in [0.4, 0.5) is 0 Å². The summed E-state index contributed by atoms with van der Waals surface area (Å²) in [6.07, 6.45) is 29.8. The van der Waals surface area contributed by atoms with Crippen molar-refractivity contribution in [2.24, 2.45) is 7.05 Å². The Labute approximate surface area is 170 Å². The minimum atomic E-state index is 1.21. The highest BCUT2D eigenvalue weighted by Gasteiger charge is 2.13. The van der Waals surface area contributed by atoms with Crippen molar-refractivity contribution in [1.82, 2.24) is 4.57 Å². The first kappa shape index (κ1) is 24.2. The summed E-state index contributed by atoms with van der Waals surface area (Å²) < 4.78 is 4.86. The lowest BCUT2D eigenvalue weighted by atomic mass is 10.1. The Bertz CT molecular complexity index is 436. The van der Waals surface area contributed by atoms with Gasteiger partial charge in [-0.3, -0.25) is 0 Å². The van der Waals surface area contributed by atoms with Gasteiger partial charge in [0.05, 0.1) is 13.6 Å². The Kier molecular flexibility index (Phi) is 15.6. The van der Waals surface area contributed by atoms with Gasteiger partial charge in [-0.15, -0.1) is 0 Å². The number of hydrogen-bond acceptors (Lipinski definition) is 0. The van der Waals surface area contributed by atoms with Crippen molar-refractivity contribution in [2.75, 3.05) is 0 Å². The fourth-order valence-electron chi connectivity index (χ4n) is 4.09. The average Bonchev–Trinajstić information content (AvgIpc) is 3.02. The summed E-state index contributed by atoms with van der Waals surface area (Å²) in [6.45, 7) is 5.80. The Morgan fingerprint density at radius 2 is 1.07 bits per heavy atom. The second-order valence-electron chi connectivity index (χ2n) is 8.57. The monoisotopic (exact) mass is 377 g/mol. The molecule has 0 saturated carbocycles. The van der Waals surface area contributed by atoms with Gasteiger partial charge in [0, 0.05) is 6.42 Å². The van der Waals surface area contributed by atoms with Gasteiger partial charge >= 0.3 is 0 Å². The van der Waals surface area contributed by atoms with Crippen molar-refractivity contribution in [3.63, 3.8) is 0 Å². The minimum absolute atomic E-state index is 1.21. The SMILES string of the molecule is CCCCCCCCCCCCc1n(C)cc[n+]1CCCCCCCCC. The molecule has 0 spiro atoms. The van der Waals surface area contributed by atoms with Crippen LogP contribution in [0.1, 0.15) is 129 Å². The summed E-state index contributed by atoms with van der Waals surface area (Å²) in [5.41, 5.74) is 0. The highest BCUT2D eigenvalue weighted by molar-refractivity contribution is 4.82. The van der Waals surface area contributed by atoms with Gasteiger partial charge in [-0.25, -0.2) is 9.13 Å². The predicted octanol–water partition coefficient (Wildman–Crippen LogP) is 7.53. The van der Waals surface area contributed by atoms with Crippen molar-refractivity contribution < 1.29 is 4.57 Å². The standard InChI is InChI=1S/C25H49N2/c1-4-6-8-10-12-13-14-15-17-19-21-25-26(3)23-24-27(25)22-20-18-16-11-9-7-5-2/h23-24H,4-22H2,1-3H3/q+1. The van der Waals surface area contributed by atoms with Crippen LogP contribution < -0.4 is 4.57 Å². The molecule has 1 rings (SSSR count). The number of unbranched alkanes of at least 4 members (excludes halogenated alkanes) is 15. The number of aryl methyl sites for hydroxylation is 2. The van der Waals surface area contributed by atoms with Gasteiger partial charge in [-0.2, -0.15) is 0 Å². The topological polar surface area (TPSA) is 8.81 Å². The molecule has 0 bridgehead atoms. The van der Waals surface area contributed by atoms with Crippen molar-refractivity contribution >= 4 is 0 Å². The van der Waals surface area contributed by atoms with E-state index < -0.39 is 0 Å². The molecule has 0 aliphatic rings. The Balaban J connectivity index is 2.07. The second kappa shape index (κ2) is 17.3. The predicted molar refractivity (Wildman–Crippen MR) is 119 cm³/mol. The number of aromatic nitrogens is 2. The van der Waals surface area contributed by atoms with Gasteiger partial charge in [0.1, 0.15) is 12.4 Å². The largest absolute Gasteiger partial charge is 0.256 e. The van der Waals surface area contributed by atoms with E-state index in [0.29, 0.717) is 0 Å². The van der Waals surface area contributed by atoms with E-state index in [-0.39, 0.29) is 0 Å². The van der Waals surface area contributed by atoms with Crippen molar-refractivity contribution in [3.8, 4) is 0 Å². The van der Waals surface area contributed by atoms with Crippen LogP contribution in [0, 0.1) is 0 Å². The van der Waals surface area contributed by atoms with E-state index in [0.717, 1.165) is 0 Å². The quantitative estimate of drug-likeness (QED) is 0.174. The molecule has 0 radical (unpaired) electrons. The van der Waals surface area contributed by atoms with Crippen molar-refractivity contribution in [1.29, 1.82) is 0 Å². The molecule has 0 fully saturated rings. The zero-order chi connectivity index (χ0) is 19.6. The maximum Gasteiger partial charge on any atom is 0.256 e. The molecule has 1 aromatic rings. The lowest BCUT2D eigenvalue weighted by Gasteiger charge is -2.05. The maximum atomic E-state index is 2.51. The van der Waals surface area contributed by atoms with Crippen LogP contribution in [0.5, 0.6) is 0 Å². The van der Waals surface area contributed by atoms with Crippen molar-refractivity contribution in [2.45, 2.75) is 136 Å². The molecule has 0 unspecified atom stereocenters. The highest BCUT2D eigenvalue weighted by atomic mass is 15.1. The smallest absolute Gasteiger partial charge is 0.237 e. The van der Waals surface area contributed by atoms with Gasteiger partial charge in [0.2, 0.25) is 0 Å². The van der Waals surface area contributed by atoms with Crippen LogP contribution in [0.25, 0.3) is 0 Å². The maximum absolute atomic E-state index is 2.51. The molecular weight excluding hydrogens is 328 g/mol. The first-order valence-corrected chi connectivity index (χ1v) is 12.3. The summed E-state index contributed by atoms with van der Waals surface area (Å²) in [4.78, 5) is 0. The van der Waals surface area contributed by atoms with E-state index in [1.807, 2.05) is 0 Å². The zero-order valence-corrected chi connectivity index (χ0v) is 19.0. The van der Waals surface area contributed by atoms with Gasteiger partial charge in [0.15, 0.2) is 0 Å². The zero-order valence-electron chi connectivity index (χ0n) is 19.0. The molecule has 0 aliphatic carbocycles. The lowest BCUT2D eigenvalue weighted by Crippen LogP contribution is -2.37. The lowest BCUT2D eigenvalue weighted by molar-refractivity contribution is -0.704. The summed E-state index contributed by atoms with van der Waals surface area (Å²) in [6, 6.07) is 0. The molecule has 1 heterocycles. The molecule has 0 aromatic carbocycles. The number of nitrogens with zero attached hydrogens (tertiary/aromatic N) is 2. The fraction of sp³-hybridized carbons (Fsp3) is 0.880. The van der Waals surface area contributed by atoms with Crippen LogP contribution in [-0.2, 0) is 20.0 Å². The molecule has 0 atom stereocenters. The first-order chi connectivity index (χ1) is 13.3. The Hall–Kier alpha value is -0.790. The van der Waals surface area contributed by atoms with E-state index in [2.05, 4.69) is 42.4 Å². The number of imidazole rings is 1. The van der Waals surface area contributed by atoms with Crippen LogP contribution >= 0.6 is 0 Å². The van der Waals surface area contributed by atoms with E-state index in [1.54, 1.807) is 0 Å². The first-order valence-electron chi connectivity index (χ1n) is 12.3. The molecule has 27 heavy (non-hydrogen) atoms. The summed E-state index contributed by atoms with van der Waals surface area (Å²) in [5, 5.41) is 0. The van der Waals surface area contributed by atoms with Gasteiger partial charge in [0.25, 0.3) is 5.82 Å². The molecule has 2 nitrogen and oxygen atoms in total. The summed E-state index contributed by atoms with van der Waals surface area (Å²) in [5.74, 6) is 1.53. The Morgan fingerprint density at radius 1 is 0.630 bits per heavy atom. The average molecular weight is 378 g/mol. The van der Waals surface area contributed by atoms with Gasteiger partial charge in [-0.1, -0.05) is 104 Å². The highest BCUT2D eigenvalue weighted by Crippen LogP contribution is 2.12. The van der Waals surface area contributed by atoms with Crippen LogP contribution in [-0.4, -0.2) is 4.57 Å². The molecular formula is C25H49N2+. The van der Waals surface area contributed by atoms with Crippen LogP contribution in [0.15, 0.2) is 12.4 Å². The van der Waals surface area contributed by atoms with E-state index in [1.165, 1.54) is 128 Å². The minimum Gasteiger partial charge on any atom is -0.237 e. The van der Waals surface area contributed by atoms with E-state index in [4.69, 9.17) is 0 Å². The normalized spacial score (nSPS) is 11.4. The molecule has 0 saturated heterocycles. The molecule has 2 heteroatoms. The van der Waals surface area contributed by atoms with Gasteiger partial charge in [-0.05, 0) is 19.3 Å². The summed E-state index contributed by atoms with van der Waals surface area (Å²) >= 11 is 0. The molecule has 1 aromatic heterocycles. The summed E-state index contributed by atoms with van der Waals surface area (Å²) in [7, 11) is 2.22. The number of rotatable bonds is 19. The molecule has 0 aliphatic heterocycles. The molecule has 158 valence electrons. The third-order valence-electron chi connectivity index (χ3n) is 5.97. The van der Waals surface area contributed by atoms with E-state index >= 15 is 0 Å². The van der Waals surface area contributed by atoms with Crippen LogP contribution in [0.2, 0.25) is 0 Å². The number of hydrogen-bond donors (Lipinski definition) is 0. The Morgan fingerprint density at radius 3 is 1.59 bits per heavy atom.